The van der Waals surface area contributed by atoms with Crippen molar-refractivity contribution in [2.24, 2.45) is 0 Å². The lowest BCUT2D eigenvalue weighted by Gasteiger charge is -2.27. The quantitative estimate of drug-likeness (QED) is 0.487. The van der Waals surface area contributed by atoms with Crippen LogP contribution in [0.2, 0.25) is 0 Å². The number of benzene rings is 2. The Kier molecular flexibility index (Phi) is 7.37. The van der Waals surface area contributed by atoms with Crippen molar-refractivity contribution in [3.63, 3.8) is 0 Å². The second-order valence-electron chi connectivity index (χ2n) is 9.25. The van der Waals surface area contributed by atoms with Crippen LogP contribution in [0.4, 0.5) is 0 Å². The van der Waals surface area contributed by atoms with E-state index < -0.39 is 0 Å². The molecule has 6 nitrogen and oxygen atoms in total. The molecule has 2 aliphatic heterocycles. The summed E-state index contributed by atoms with van der Waals surface area (Å²) in [4.78, 5) is 20.1. The summed E-state index contributed by atoms with van der Waals surface area (Å²) in [6, 6.07) is 17.9. The highest BCUT2D eigenvalue weighted by Crippen LogP contribution is 2.28. The number of ether oxygens (including phenoxy) is 1. The number of hydrogen-bond acceptors (Lipinski definition) is 5. The van der Waals surface area contributed by atoms with E-state index in [1.165, 1.54) is 19.3 Å². The smallest absolute Gasteiger partial charge is 0.254 e. The van der Waals surface area contributed by atoms with E-state index in [2.05, 4.69) is 10.4 Å². The Morgan fingerprint density at radius 2 is 1.65 bits per heavy atom. The van der Waals surface area contributed by atoms with Crippen LogP contribution in [-0.4, -0.2) is 60.1 Å². The van der Waals surface area contributed by atoms with E-state index in [0.717, 1.165) is 85.5 Å². The Labute approximate surface area is 201 Å². The Hall–Kier alpha value is -2.96. The van der Waals surface area contributed by atoms with Gasteiger partial charge in [-0.25, -0.2) is 9.99 Å². The normalized spacial score (nSPS) is 16.8. The second-order valence-corrected chi connectivity index (χ2v) is 9.25. The minimum Gasteiger partial charge on any atom is -0.494 e. The van der Waals surface area contributed by atoms with E-state index in [1.807, 2.05) is 59.5 Å². The van der Waals surface area contributed by atoms with Crippen LogP contribution in [0.3, 0.4) is 0 Å². The molecule has 0 atom stereocenters. The molecule has 178 valence electrons. The van der Waals surface area contributed by atoms with Crippen LogP contribution in [0.5, 0.6) is 5.75 Å². The van der Waals surface area contributed by atoms with E-state index in [0.29, 0.717) is 6.61 Å². The van der Waals surface area contributed by atoms with Crippen LogP contribution in [0, 0.1) is 0 Å². The number of pyridine rings is 1. The van der Waals surface area contributed by atoms with Crippen molar-refractivity contribution in [2.45, 2.75) is 38.5 Å². The molecule has 1 N–H and O–H groups in total. The predicted molar refractivity (Wildman–Crippen MR) is 136 cm³/mol. The van der Waals surface area contributed by atoms with E-state index in [-0.39, 0.29) is 5.91 Å². The largest absolute Gasteiger partial charge is 0.494 e. The lowest BCUT2D eigenvalue weighted by molar-refractivity contribution is 0.0794. The van der Waals surface area contributed by atoms with Crippen molar-refractivity contribution in [3.8, 4) is 17.0 Å². The molecular formula is C28H34N4O2. The number of hydrogen-bond donors (Lipinski definition) is 1. The molecular weight excluding hydrogens is 424 g/mol. The first-order valence-electron chi connectivity index (χ1n) is 12.7. The number of amides is 1. The monoisotopic (exact) mass is 458 g/mol. The van der Waals surface area contributed by atoms with Gasteiger partial charge in [0.1, 0.15) is 5.75 Å². The zero-order chi connectivity index (χ0) is 23.2. The highest BCUT2D eigenvalue weighted by atomic mass is 16.5. The van der Waals surface area contributed by atoms with Gasteiger partial charge < -0.3 is 9.64 Å². The van der Waals surface area contributed by atoms with Crippen molar-refractivity contribution in [3.05, 3.63) is 60.2 Å². The van der Waals surface area contributed by atoms with Gasteiger partial charge in [0.2, 0.25) is 0 Å². The van der Waals surface area contributed by atoms with E-state index in [4.69, 9.17) is 9.72 Å². The van der Waals surface area contributed by atoms with Crippen molar-refractivity contribution < 1.29 is 9.53 Å². The summed E-state index contributed by atoms with van der Waals surface area (Å²) in [6.07, 6.45) is 7.05. The molecule has 2 saturated heterocycles. The maximum absolute atomic E-state index is 13.2. The zero-order valence-electron chi connectivity index (χ0n) is 19.8. The predicted octanol–water partition coefficient (Wildman–Crippen LogP) is 4.90. The number of hydrazine groups is 1. The third-order valence-electron chi connectivity index (χ3n) is 6.77. The Bertz CT molecular complexity index is 1100. The second kappa shape index (κ2) is 11.0. The van der Waals surface area contributed by atoms with Gasteiger partial charge in [-0.1, -0.05) is 24.6 Å². The average molecular weight is 459 g/mol. The summed E-state index contributed by atoms with van der Waals surface area (Å²) >= 11 is 0. The van der Waals surface area contributed by atoms with Gasteiger partial charge in [-0.05, 0) is 68.5 Å². The van der Waals surface area contributed by atoms with Gasteiger partial charge in [0.15, 0.2) is 0 Å². The highest BCUT2D eigenvalue weighted by Gasteiger charge is 2.22. The minimum atomic E-state index is 0.107. The number of fused-ring (bicyclic) bond motifs is 1. The maximum atomic E-state index is 13.2. The van der Waals surface area contributed by atoms with E-state index >= 15 is 0 Å². The molecule has 0 aliphatic carbocycles. The topological polar surface area (TPSA) is 57.7 Å². The molecule has 0 radical (unpaired) electrons. The standard InChI is InChI=1S/C28H34N4O2/c33-28(31-16-6-7-17-31)25-21-27(30-26-10-3-2-9-24(25)26)22-11-13-23(14-12-22)34-20-8-15-29-32-18-4-1-5-19-32/h2-3,9-14,21,29H,1,4-8,15-20H2. The number of carbonyl (C=O) groups excluding carboxylic acids is 1. The lowest BCUT2D eigenvalue weighted by Crippen LogP contribution is -2.42. The van der Waals surface area contributed by atoms with Gasteiger partial charge in [-0.15, -0.1) is 0 Å². The molecule has 2 aromatic carbocycles. The molecule has 0 unspecified atom stereocenters. The Balaban J connectivity index is 1.24. The molecule has 5 rings (SSSR count). The summed E-state index contributed by atoms with van der Waals surface area (Å²) in [5.74, 6) is 0.964. The summed E-state index contributed by atoms with van der Waals surface area (Å²) < 4.78 is 5.95. The summed E-state index contributed by atoms with van der Waals surface area (Å²) in [5.41, 5.74) is 6.90. The number of nitrogens with zero attached hydrogens (tertiary/aromatic N) is 3. The zero-order valence-corrected chi connectivity index (χ0v) is 19.8. The molecule has 2 aliphatic rings. The number of para-hydroxylation sites is 1. The first kappa shape index (κ1) is 22.8. The number of rotatable bonds is 8. The van der Waals surface area contributed by atoms with E-state index in [1.54, 1.807) is 0 Å². The highest BCUT2D eigenvalue weighted by molar-refractivity contribution is 6.07. The SMILES string of the molecule is O=C(c1cc(-c2ccc(OCCCNN3CCCCC3)cc2)nc2ccccc12)N1CCCC1. The Morgan fingerprint density at radius 3 is 2.44 bits per heavy atom. The number of likely N-dealkylation sites (tertiary alicyclic amines) is 1. The molecule has 1 amide bonds. The van der Waals surface area contributed by atoms with Crippen LogP contribution >= 0.6 is 0 Å². The van der Waals surface area contributed by atoms with Crippen molar-refractivity contribution in [2.75, 3.05) is 39.3 Å². The van der Waals surface area contributed by atoms with Gasteiger partial charge in [-0.3, -0.25) is 10.2 Å². The number of nitrogens with one attached hydrogen (secondary N) is 1. The van der Waals surface area contributed by atoms with Crippen molar-refractivity contribution in [1.29, 1.82) is 0 Å². The fourth-order valence-electron chi connectivity index (χ4n) is 4.86. The van der Waals surface area contributed by atoms with Crippen LogP contribution in [0.25, 0.3) is 22.2 Å². The molecule has 3 aromatic rings. The number of aromatic nitrogens is 1. The first-order chi connectivity index (χ1) is 16.8. The summed E-state index contributed by atoms with van der Waals surface area (Å²) in [6.45, 7) is 5.59. The molecule has 0 spiro atoms. The van der Waals surface area contributed by atoms with Gasteiger partial charge in [0.05, 0.1) is 23.4 Å². The fraction of sp³-hybridized carbons (Fsp3) is 0.429. The summed E-state index contributed by atoms with van der Waals surface area (Å²) in [5, 5.41) is 3.25. The van der Waals surface area contributed by atoms with Crippen LogP contribution in [0.15, 0.2) is 54.6 Å². The molecule has 2 fully saturated rings. The first-order valence-corrected chi connectivity index (χ1v) is 12.7. The average Bonchev–Trinajstić information content (AvgIpc) is 3.44. The third-order valence-corrected chi connectivity index (χ3v) is 6.77. The molecule has 34 heavy (non-hydrogen) atoms. The molecule has 6 heteroatoms. The van der Waals surface area contributed by atoms with Crippen molar-refractivity contribution >= 4 is 16.8 Å². The van der Waals surface area contributed by atoms with Gasteiger partial charge in [0.25, 0.3) is 5.91 Å². The summed E-state index contributed by atoms with van der Waals surface area (Å²) in [7, 11) is 0. The lowest BCUT2D eigenvalue weighted by atomic mass is 10.0. The van der Waals surface area contributed by atoms with E-state index in [9.17, 15) is 4.79 Å². The fourth-order valence-corrected chi connectivity index (χ4v) is 4.86. The van der Waals surface area contributed by atoms with Gasteiger partial charge >= 0.3 is 0 Å². The minimum absolute atomic E-state index is 0.107. The Morgan fingerprint density at radius 1 is 0.912 bits per heavy atom. The molecule has 1 aromatic heterocycles. The molecule has 0 saturated carbocycles. The van der Waals surface area contributed by atoms with Gasteiger partial charge in [-0.2, -0.15) is 0 Å². The van der Waals surface area contributed by atoms with Crippen LogP contribution < -0.4 is 10.2 Å². The molecule has 3 heterocycles. The molecule has 0 bridgehead atoms. The number of piperidine rings is 1. The van der Waals surface area contributed by atoms with Crippen LogP contribution in [-0.2, 0) is 0 Å². The third kappa shape index (κ3) is 5.40. The number of carbonyl (C=O) groups is 1. The van der Waals surface area contributed by atoms with Crippen molar-refractivity contribution in [1.82, 2.24) is 20.3 Å². The maximum Gasteiger partial charge on any atom is 0.254 e. The van der Waals surface area contributed by atoms with Crippen LogP contribution in [0.1, 0.15) is 48.9 Å². The van der Waals surface area contributed by atoms with Gasteiger partial charge in [0, 0.05) is 43.7 Å².